The molecule has 0 spiro atoms. The van der Waals surface area contributed by atoms with Crippen LogP contribution in [0.5, 0.6) is 0 Å². The lowest BCUT2D eigenvalue weighted by atomic mass is 10.3. The highest BCUT2D eigenvalue weighted by Gasteiger charge is 2.34. The Labute approximate surface area is 86.9 Å². The lowest BCUT2D eigenvalue weighted by Gasteiger charge is -2.04. The maximum Gasteiger partial charge on any atom is 0.441 e. The molecule has 0 atom stereocenters. The molecule has 2 nitrogen and oxygen atoms in total. The average Bonchev–Trinajstić information content (AvgIpc) is 2.14. The average molecular weight is 267 g/mol. The molecule has 0 heterocycles. The van der Waals surface area contributed by atoms with Gasteiger partial charge in [0.1, 0.15) is 0 Å². The van der Waals surface area contributed by atoms with E-state index in [-0.39, 0.29) is 0 Å². The maximum absolute atomic E-state index is 11.9. The van der Waals surface area contributed by atoms with E-state index >= 15 is 0 Å². The van der Waals surface area contributed by atoms with Gasteiger partial charge in [0.05, 0.1) is 5.69 Å². The zero-order chi connectivity index (χ0) is 10.6. The Morgan fingerprint density at radius 3 is 2.29 bits per heavy atom. The summed E-state index contributed by atoms with van der Waals surface area (Å²) in [5, 5.41) is 3.12. The van der Waals surface area contributed by atoms with Crippen LogP contribution in [0, 0.1) is 0 Å². The van der Waals surface area contributed by atoms with Gasteiger partial charge in [0.2, 0.25) is 4.62 Å². The van der Waals surface area contributed by atoms with E-state index in [1.165, 1.54) is 0 Å². The molecule has 1 rings (SSSR count). The van der Waals surface area contributed by atoms with Crippen molar-refractivity contribution in [2.45, 2.75) is 6.18 Å². The number of halogens is 4. The lowest BCUT2D eigenvalue weighted by Crippen LogP contribution is -2.17. The van der Waals surface area contributed by atoms with Crippen LogP contribution in [0.25, 0.3) is 0 Å². The topological polar surface area (TPSA) is 24.4 Å². The number of hydrazone groups is 1. The van der Waals surface area contributed by atoms with Gasteiger partial charge in [-0.15, -0.1) is 0 Å². The molecular formula is C8H6BrF3N2. The summed E-state index contributed by atoms with van der Waals surface area (Å²) in [6.45, 7) is 0. The van der Waals surface area contributed by atoms with E-state index in [4.69, 9.17) is 0 Å². The molecule has 0 radical (unpaired) electrons. The molecule has 1 aromatic carbocycles. The first-order valence-electron chi connectivity index (χ1n) is 3.61. The lowest BCUT2D eigenvalue weighted by molar-refractivity contribution is -0.0551. The molecule has 76 valence electrons. The summed E-state index contributed by atoms with van der Waals surface area (Å²) < 4.78 is 34.7. The van der Waals surface area contributed by atoms with Crippen LogP contribution in [0.15, 0.2) is 35.4 Å². The fraction of sp³-hybridized carbons (Fsp3) is 0.125. The monoisotopic (exact) mass is 266 g/mol. The molecule has 0 saturated heterocycles. The number of para-hydroxylation sites is 1. The number of hydrogen-bond acceptors (Lipinski definition) is 2. The van der Waals surface area contributed by atoms with Crippen LogP contribution in [-0.2, 0) is 0 Å². The van der Waals surface area contributed by atoms with Crippen LogP contribution in [0.1, 0.15) is 0 Å². The highest BCUT2D eigenvalue weighted by Crippen LogP contribution is 2.21. The van der Waals surface area contributed by atoms with Crippen molar-refractivity contribution < 1.29 is 13.2 Å². The molecule has 0 bridgehead atoms. The second-order valence-corrected chi connectivity index (χ2v) is 3.13. The van der Waals surface area contributed by atoms with Gasteiger partial charge in [0.15, 0.2) is 0 Å². The van der Waals surface area contributed by atoms with Gasteiger partial charge < -0.3 is 0 Å². The molecule has 0 aliphatic rings. The van der Waals surface area contributed by atoms with Crippen LogP contribution in [-0.4, -0.2) is 10.8 Å². The zero-order valence-electron chi connectivity index (χ0n) is 6.85. The van der Waals surface area contributed by atoms with Gasteiger partial charge in [-0.3, -0.25) is 5.43 Å². The van der Waals surface area contributed by atoms with Gasteiger partial charge in [-0.25, -0.2) is 0 Å². The molecular weight excluding hydrogens is 261 g/mol. The predicted molar refractivity (Wildman–Crippen MR) is 52.5 cm³/mol. The van der Waals surface area contributed by atoms with Gasteiger partial charge in [0, 0.05) is 0 Å². The van der Waals surface area contributed by atoms with Crippen LogP contribution in [0.4, 0.5) is 18.9 Å². The number of rotatable bonds is 2. The first kappa shape index (κ1) is 11.0. The van der Waals surface area contributed by atoms with E-state index in [0.29, 0.717) is 5.69 Å². The first-order chi connectivity index (χ1) is 6.50. The molecule has 0 aromatic heterocycles. The number of benzene rings is 1. The Bertz CT molecular complexity index is 321. The van der Waals surface area contributed by atoms with Crippen molar-refractivity contribution in [1.82, 2.24) is 0 Å². The van der Waals surface area contributed by atoms with E-state index < -0.39 is 10.8 Å². The summed E-state index contributed by atoms with van der Waals surface area (Å²) in [5.41, 5.74) is 2.77. The van der Waals surface area contributed by atoms with Crippen molar-refractivity contribution in [3.63, 3.8) is 0 Å². The minimum atomic E-state index is -4.46. The van der Waals surface area contributed by atoms with Crippen molar-refractivity contribution >= 4 is 26.2 Å². The normalized spacial score (nSPS) is 12.7. The molecule has 14 heavy (non-hydrogen) atoms. The third-order valence-electron chi connectivity index (χ3n) is 1.29. The minimum absolute atomic E-state index is 0.494. The Kier molecular flexibility index (Phi) is 3.51. The molecule has 0 amide bonds. The van der Waals surface area contributed by atoms with E-state index in [2.05, 4.69) is 26.5 Å². The Morgan fingerprint density at radius 1 is 1.21 bits per heavy atom. The van der Waals surface area contributed by atoms with Gasteiger partial charge in [-0.2, -0.15) is 18.3 Å². The van der Waals surface area contributed by atoms with Crippen molar-refractivity contribution in [2.24, 2.45) is 5.10 Å². The van der Waals surface area contributed by atoms with Crippen LogP contribution in [0.2, 0.25) is 0 Å². The maximum atomic E-state index is 11.9. The van der Waals surface area contributed by atoms with Crippen molar-refractivity contribution in [1.29, 1.82) is 0 Å². The summed E-state index contributed by atoms with van der Waals surface area (Å²) in [5.74, 6) is 0. The Hall–Kier alpha value is -1.04. The van der Waals surface area contributed by atoms with E-state index in [1.54, 1.807) is 30.3 Å². The molecule has 6 heteroatoms. The molecule has 0 unspecified atom stereocenters. The summed E-state index contributed by atoms with van der Waals surface area (Å²) in [7, 11) is 0. The molecule has 1 N–H and O–H groups in total. The van der Waals surface area contributed by atoms with Crippen molar-refractivity contribution in [3.8, 4) is 0 Å². The van der Waals surface area contributed by atoms with Gasteiger partial charge >= 0.3 is 6.18 Å². The molecule has 0 saturated carbocycles. The minimum Gasteiger partial charge on any atom is -0.277 e. The first-order valence-corrected chi connectivity index (χ1v) is 4.41. The quantitative estimate of drug-likeness (QED) is 0.644. The third-order valence-corrected chi connectivity index (χ3v) is 1.92. The van der Waals surface area contributed by atoms with Gasteiger partial charge in [0.25, 0.3) is 0 Å². The summed E-state index contributed by atoms with van der Waals surface area (Å²) >= 11 is 2.32. The van der Waals surface area contributed by atoms with Crippen LogP contribution in [0.3, 0.4) is 0 Å². The van der Waals surface area contributed by atoms with E-state index in [0.717, 1.165) is 0 Å². The summed E-state index contributed by atoms with van der Waals surface area (Å²) in [4.78, 5) is 0. The summed E-state index contributed by atoms with van der Waals surface area (Å²) in [6, 6.07) is 8.37. The van der Waals surface area contributed by atoms with Gasteiger partial charge in [-0.1, -0.05) is 18.2 Å². The number of hydrogen-bond donors (Lipinski definition) is 1. The zero-order valence-corrected chi connectivity index (χ0v) is 8.43. The fourth-order valence-electron chi connectivity index (χ4n) is 0.690. The van der Waals surface area contributed by atoms with E-state index in [9.17, 15) is 13.2 Å². The summed E-state index contributed by atoms with van der Waals surface area (Å²) in [6.07, 6.45) is -4.46. The SMILES string of the molecule is FC(F)(F)/C(Br)=N/Nc1ccccc1. The smallest absolute Gasteiger partial charge is 0.277 e. The number of nitrogens with one attached hydrogen (secondary N) is 1. The number of anilines is 1. The standard InChI is InChI=1S/C8H6BrF3N2/c9-7(8(10,11)12)14-13-6-4-2-1-3-5-6/h1-5,13H/b14-7-. The second kappa shape index (κ2) is 4.45. The Balaban J connectivity index is 2.65. The molecule has 0 aliphatic heterocycles. The van der Waals surface area contributed by atoms with Crippen molar-refractivity contribution in [3.05, 3.63) is 30.3 Å². The molecule has 0 fully saturated rings. The predicted octanol–water partition coefficient (Wildman–Crippen LogP) is 3.37. The number of nitrogens with zero attached hydrogens (tertiary/aromatic N) is 1. The van der Waals surface area contributed by atoms with Crippen LogP contribution < -0.4 is 5.43 Å². The fourth-order valence-corrected chi connectivity index (χ4v) is 0.778. The van der Waals surface area contributed by atoms with Gasteiger partial charge in [-0.05, 0) is 28.1 Å². The number of alkyl halides is 3. The highest BCUT2D eigenvalue weighted by molar-refractivity contribution is 9.18. The van der Waals surface area contributed by atoms with Crippen molar-refractivity contribution in [2.75, 3.05) is 5.43 Å². The molecule has 1 aromatic rings. The second-order valence-electron chi connectivity index (χ2n) is 2.38. The molecule has 0 aliphatic carbocycles. The van der Waals surface area contributed by atoms with E-state index in [1.807, 2.05) is 0 Å². The largest absolute Gasteiger partial charge is 0.441 e. The highest BCUT2D eigenvalue weighted by atomic mass is 79.9. The Morgan fingerprint density at radius 2 is 1.79 bits per heavy atom. The van der Waals surface area contributed by atoms with Crippen LogP contribution >= 0.6 is 15.9 Å². The third kappa shape index (κ3) is 3.37.